The van der Waals surface area contributed by atoms with Crippen molar-refractivity contribution in [3.8, 4) is 0 Å². The predicted octanol–water partition coefficient (Wildman–Crippen LogP) is -1.09. The molecule has 3 amide bonds. The quantitative estimate of drug-likeness (QED) is 0.514. The van der Waals surface area contributed by atoms with E-state index in [-0.39, 0.29) is 23.5 Å². The monoisotopic (exact) mass is 304 g/mol. The number of imide groups is 1. The van der Waals surface area contributed by atoms with Gasteiger partial charge in [0.2, 0.25) is 17.7 Å². The molecule has 0 aromatic carbocycles. The van der Waals surface area contributed by atoms with Gasteiger partial charge >= 0.3 is 0 Å². The van der Waals surface area contributed by atoms with Gasteiger partial charge in [0.05, 0.1) is 11.3 Å². The summed E-state index contributed by atoms with van der Waals surface area (Å²) in [6, 6.07) is -0.474. The minimum absolute atomic E-state index is 0.126. The summed E-state index contributed by atoms with van der Waals surface area (Å²) in [5.41, 5.74) is 9.69. The lowest BCUT2D eigenvalue weighted by atomic mass is 10.3. The first-order valence-corrected chi connectivity index (χ1v) is 7.56. The lowest BCUT2D eigenvalue weighted by Crippen LogP contribution is -2.41. The van der Waals surface area contributed by atoms with E-state index in [0.717, 1.165) is 6.42 Å². The van der Waals surface area contributed by atoms with Crippen molar-refractivity contribution in [2.45, 2.75) is 31.1 Å². The molecule has 0 bridgehead atoms. The maximum Gasteiger partial charge on any atom is 0.242 e. The molecule has 1 unspecified atom stereocenters. The largest absolute Gasteiger partial charge is 0.368 e. The minimum Gasteiger partial charge on any atom is -0.368 e. The summed E-state index contributed by atoms with van der Waals surface area (Å²) in [4.78, 5) is 35.9. The summed E-state index contributed by atoms with van der Waals surface area (Å²) in [5.74, 6) is -0.326. The highest BCUT2D eigenvalue weighted by molar-refractivity contribution is 8.00. The lowest BCUT2D eigenvalue weighted by molar-refractivity contribution is -0.138. The number of hydrogen-bond acceptors (Lipinski definition) is 6. The van der Waals surface area contributed by atoms with Crippen LogP contribution < -0.4 is 16.8 Å². The molecule has 0 aromatic heterocycles. The van der Waals surface area contributed by atoms with Gasteiger partial charge < -0.3 is 16.8 Å². The molecule has 1 fully saturated rings. The van der Waals surface area contributed by atoms with E-state index >= 15 is 0 Å². The van der Waals surface area contributed by atoms with Gasteiger partial charge in [-0.1, -0.05) is 6.92 Å². The van der Waals surface area contributed by atoms with E-state index in [0.29, 0.717) is 12.3 Å². The fourth-order valence-corrected chi connectivity index (χ4v) is 3.05. The number of nitrogens with zero attached hydrogens (tertiary/aromatic N) is 1. The molecule has 5 N–H and O–H groups in total. The molecule has 116 valence electrons. The molecule has 1 aliphatic rings. The molecule has 0 saturated carbocycles. The van der Waals surface area contributed by atoms with Crippen LogP contribution in [0.1, 0.15) is 19.8 Å². The molecule has 1 aliphatic heterocycles. The fraction of sp³-hybridized carbons (Fsp3) is 0.750. The Morgan fingerprint density at radius 1 is 1.50 bits per heavy atom. The van der Waals surface area contributed by atoms with Crippen molar-refractivity contribution in [2.75, 3.05) is 26.4 Å². The Labute approximate surface area is 123 Å². The number of likely N-dealkylation sites (N-methyl/N-ethyl adjacent to an activating group) is 1. The standard InChI is InChI=1S/C11H19N3O3S.CH5N/c1-3-4-14-9(15)5-8(11(14)17)18-6-7(13-2)10(12)16;1-2/h7-8,13H,3-6H2,1-2H3,(H2,12,16);2H2,1H3/t7-,8?;/m0./s1. The van der Waals surface area contributed by atoms with Crippen LogP contribution in [0.15, 0.2) is 0 Å². The van der Waals surface area contributed by atoms with Crippen LogP contribution in [0.4, 0.5) is 0 Å². The number of carbonyl (C=O) groups is 3. The van der Waals surface area contributed by atoms with Crippen LogP contribution in [-0.2, 0) is 14.4 Å². The van der Waals surface area contributed by atoms with E-state index in [2.05, 4.69) is 11.1 Å². The van der Waals surface area contributed by atoms with Crippen LogP contribution in [0.5, 0.6) is 0 Å². The Bertz CT molecular complexity index is 352. The average Bonchev–Trinajstić information content (AvgIpc) is 2.69. The Morgan fingerprint density at radius 2 is 2.10 bits per heavy atom. The van der Waals surface area contributed by atoms with Crippen LogP contribution in [0.3, 0.4) is 0 Å². The second kappa shape index (κ2) is 9.73. The van der Waals surface area contributed by atoms with Crippen molar-refractivity contribution in [3.63, 3.8) is 0 Å². The van der Waals surface area contributed by atoms with Gasteiger partial charge in [-0.25, -0.2) is 0 Å². The van der Waals surface area contributed by atoms with Gasteiger partial charge in [-0.15, -0.1) is 11.8 Å². The summed E-state index contributed by atoms with van der Waals surface area (Å²) in [7, 11) is 3.14. The molecule has 0 spiro atoms. The first-order chi connectivity index (χ1) is 9.51. The number of carbonyl (C=O) groups excluding carboxylic acids is 3. The summed E-state index contributed by atoms with van der Waals surface area (Å²) in [6.07, 6.45) is 0.980. The number of likely N-dealkylation sites (tertiary alicyclic amines) is 1. The van der Waals surface area contributed by atoms with Crippen molar-refractivity contribution in [1.29, 1.82) is 0 Å². The molecule has 0 aromatic rings. The van der Waals surface area contributed by atoms with Crippen molar-refractivity contribution in [1.82, 2.24) is 10.2 Å². The molecule has 8 heteroatoms. The normalized spacial score (nSPS) is 19.6. The Kier molecular flexibility index (Phi) is 9.19. The second-order valence-corrected chi connectivity index (χ2v) is 5.39. The van der Waals surface area contributed by atoms with Crippen LogP contribution in [-0.4, -0.2) is 60.3 Å². The molecular formula is C12H24N4O3S. The van der Waals surface area contributed by atoms with Crippen molar-refractivity contribution in [2.24, 2.45) is 11.5 Å². The van der Waals surface area contributed by atoms with Gasteiger partial charge in [-0.2, -0.15) is 0 Å². The van der Waals surface area contributed by atoms with Gasteiger partial charge in [0.25, 0.3) is 0 Å². The first kappa shape index (κ1) is 18.9. The highest BCUT2D eigenvalue weighted by atomic mass is 32.2. The lowest BCUT2D eigenvalue weighted by Gasteiger charge is -2.15. The zero-order valence-corrected chi connectivity index (χ0v) is 13.0. The van der Waals surface area contributed by atoms with E-state index in [1.165, 1.54) is 23.7 Å². The zero-order chi connectivity index (χ0) is 15.7. The van der Waals surface area contributed by atoms with E-state index in [1.807, 2.05) is 6.92 Å². The van der Waals surface area contributed by atoms with E-state index in [9.17, 15) is 14.4 Å². The van der Waals surface area contributed by atoms with Crippen LogP contribution >= 0.6 is 11.8 Å². The highest BCUT2D eigenvalue weighted by Gasteiger charge is 2.38. The molecule has 1 saturated heterocycles. The number of primary amides is 1. The van der Waals surface area contributed by atoms with E-state index < -0.39 is 11.9 Å². The fourth-order valence-electron chi connectivity index (χ4n) is 1.76. The molecule has 1 rings (SSSR count). The number of nitrogens with one attached hydrogen (secondary N) is 1. The Balaban J connectivity index is 0.00000172. The number of nitrogens with two attached hydrogens (primary N) is 2. The van der Waals surface area contributed by atoms with Gasteiger partial charge in [-0.3, -0.25) is 19.3 Å². The first-order valence-electron chi connectivity index (χ1n) is 6.51. The molecule has 1 heterocycles. The maximum absolute atomic E-state index is 11.9. The maximum atomic E-state index is 11.9. The minimum atomic E-state index is -0.474. The van der Waals surface area contributed by atoms with Crippen molar-refractivity contribution < 1.29 is 14.4 Å². The average molecular weight is 304 g/mol. The van der Waals surface area contributed by atoms with E-state index in [4.69, 9.17) is 5.73 Å². The van der Waals surface area contributed by atoms with Crippen molar-refractivity contribution >= 4 is 29.5 Å². The third kappa shape index (κ3) is 5.10. The van der Waals surface area contributed by atoms with Crippen LogP contribution in [0.25, 0.3) is 0 Å². The number of hydrogen-bond donors (Lipinski definition) is 3. The highest BCUT2D eigenvalue weighted by Crippen LogP contribution is 2.25. The number of thioether (sulfide) groups is 1. The summed E-state index contributed by atoms with van der Waals surface area (Å²) in [6.45, 7) is 2.39. The van der Waals surface area contributed by atoms with Gasteiger partial charge in [-0.05, 0) is 20.5 Å². The second-order valence-electron chi connectivity index (χ2n) is 4.15. The third-order valence-corrected chi connectivity index (χ3v) is 4.10. The predicted molar refractivity (Wildman–Crippen MR) is 80.0 cm³/mol. The smallest absolute Gasteiger partial charge is 0.242 e. The Hall–Kier alpha value is -1.12. The van der Waals surface area contributed by atoms with Crippen LogP contribution in [0, 0.1) is 0 Å². The summed E-state index contributed by atoms with van der Waals surface area (Å²) < 4.78 is 0. The number of rotatable bonds is 7. The van der Waals surface area contributed by atoms with Gasteiger partial charge in [0, 0.05) is 18.7 Å². The summed E-state index contributed by atoms with van der Waals surface area (Å²) >= 11 is 1.31. The Morgan fingerprint density at radius 3 is 2.55 bits per heavy atom. The molecule has 2 atom stereocenters. The molecule has 0 radical (unpaired) electrons. The van der Waals surface area contributed by atoms with Crippen LogP contribution in [0.2, 0.25) is 0 Å². The third-order valence-electron chi connectivity index (χ3n) is 2.81. The van der Waals surface area contributed by atoms with E-state index in [1.54, 1.807) is 7.05 Å². The topological polar surface area (TPSA) is 119 Å². The zero-order valence-electron chi connectivity index (χ0n) is 12.2. The summed E-state index contributed by atoms with van der Waals surface area (Å²) in [5, 5.41) is 2.41. The SMILES string of the molecule is CCCN1C(=O)CC(SC[C@H](NC)C(N)=O)C1=O.CN. The molecule has 0 aliphatic carbocycles. The van der Waals surface area contributed by atoms with Gasteiger partial charge in [0.15, 0.2) is 0 Å². The molecule has 7 nitrogen and oxygen atoms in total. The van der Waals surface area contributed by atoms with Gasteiger partial charge in [0.1, 0.15) is 0 Å². The number of amides is 3. The molecular weight excluding hydrogens is 280 g/mol. The molecule has 20 heavy (non-hydrogen) atoms. The van der Waals surface area contributed by atoms with Crippen molar-refractivity contribution in [3.05, 3.63) is 0 Å².